The maximum Gasteiger partial charge on any atom is 0.242 e. The second kappa shape index (κ2) is 11.1. The zero-order chi connectivity index (χ0) is 23.1. The van der Waals surface area contributed by atoms with E-state index >= 15 is 0 Å². The van der Waals surface area contributed by atoms with Crippen molar-refractivity contribution < 1.29 is 14.0 Å². The van der Waals surface area contributed by atoms with Crippen LogP contribution in [0.5, 0.6) is 0 Å². The second-order valence-corrected chi connectivity index (χ2v) is 8.22. The Morgan fingerprint density at radius 1 is 0.969 bits per heavy atom. The van der Waals surface area contributed by atoms with Crippen LogP contribution in [0.2, 0.25) is 10.0 Å². The smallest absolute Gasteiger partial charge is 0.242 e. The van der Waals surface area contributed by atoms with Crippen molar-refractivity contribution in [2.24, 2.45) is 0 Å². The minimum atomic E-state index is -0.758. The average molecular weight is 473 g/mol. The van der Waals surface area contributed by atoms with Crippen molar-refractivity contribution in [1.29, 1.82) is 0 Å². The number of nitrogens with zero attached hydrogens (tertiary/aromatic N) is 1. The maximum absolute atomic E-state index is 13.5. The molecule has 7 heteroatoms. The van der Waals surface area contributed by atoms with Gasteiger partial charge in [0.2, 0.25) is 11.8 Å². The van der Waals surface area contributed by atoms with Crippen molar-refractivity contribution in [2.75, 3.05) is 7.05 Å². The first kappa shape index (κ1) is 23.8. The molecule has 166 valence electrons. The number of halogens is 3. The van der Waals surface area contributed by atoms with Crippen molar-refractivity contribution in [3.05, 3.63) is 105 Å². The Morgan fingerprint density at radius 3 is 2.28 bits per heavy atom. The number of carbonyl (C=O) groups excluding carboxylic acids is 2. The molecule has 3 aromatic rings. The summed E-state index contributed by atoms with van der Waals surface area (Å²) in [4.78, 5) is 27.8. The summed E-state index contributed by atoms with van der Waals surface area (Å²) < 4.78 is 13.4. The molecule has 0 aromatic heterocycles. The normalized spacial score (nSPS) is 11.6. The van der Waals surface area contributed by atoms with Gasteiger partial charge < -0.3 is 10.2 Å². The predicted octanol–water partition coefficient (Wildman–Crippen LogP) is 5.06. The Morgan fingerprint density at radius 2 is 1.66 bits per heavy atom. The lowest BCUT2D eigenvalue weighted by Gasteiger charge is -2.31. The van der Waals surface area contributed by atoms with E-state index in [0.29, 0.717) is 27.6 Å². The molecule has 0 aliphatic rings. The fraction of sp³-hybridized carbons (Fsp3) is 0.200. The predicted molar refractivity (Wildman–Crippen MR) is 125 cm³/mol. The number of rotatable bonds is 8. The van der Waals surface area contributed by atoms with Crippen molar-refractivity contribution in [1.82, 2.24) is 10.2 Å². The highest BCUT2D eigenvalue weighted by molar-refractivity contribution is 6.35. The van der Waals surface area contributed by atoms with Gasteiger partial charge in [-0.05, 0) is 41.0 Å². The van der Waals surface area contributed by atoms with E-state index in [1.807, 2.05) is 30.3 Å². The van der Waals surface area contributed by atoms with Crippen LogP contribution < -0.4 is 5.32 Å². The molecule has 0 unspecified atom stereocenters. The van der Waals surface area contributed by atoms with Crippen LogP contribution in [0, 0.1) is 5.82 Å². The summed E-state index contributed by atoms with van der Waals surface area (Å²) in [6.07, 6.45) is 0.335. The summed E-state index contributed by atoms with van der Waals surface area (Å²) >= 11 is 12.3. The molecule has 0 radical (unpaired) electrons. The van der Waals surface area contributed by atoms with Crippen molar-refractivity contribution in [3.63, 3.8) is 0 Å². The van der Waals surface area contributed by atoms with E-state index in [-0.39, 0.29) is 30.6 Å². The summed E-state index contributed by atoms with van der Waals surface area (Å²) in [5.41, 5.74) is 2.24. The monoisotopic (exact) mass is 472 g/mol. The van der Waals surface area contributed by atoms with Gasteiger partial charge in [0.05, 0.1) is 6.42 Å². The molecule has 4 nitrogen and oxygen atoms in total. The SMILES string of the molecule is CNC(=O)[C@@H](Cc1ccccc1)N(Cc1ccc(F)cc1)C(=O)Cc1ccc(Cl)cc1Cl. The van der Waals surface area contributed by atoms with Gasteiger partial charge in [0.15, 0.2) is 0 Å². The van der Waals surface area contributed by atoms with Gasteiger partial charge in [0.1, 0.15) is 11.9 Å². The molecule has 0 fully saturated rings. The van der Waals surface area contributed by atoms with Crippen molar-refractivity contribution in [2.45, 2.75) is 25.4 Å². The fourth-order valence-corrected chi connectivity index (χ4v) is 3.91. The highest BCUT2D eigenvalue weighted by atomic mass is 35.5. The van der Waals surface area contributed by atoms with Crippen LogP contribution in [0.15, 0.2) is 72.8 Å². The van der Waals surface area contributed by atoms with E-state index in [1.165, 1.54) is 24.1 Å². The van der Waals surface area contributed by atoms with Crippen LogP contribution in [0.1, 0.15) is 16.7 Å². The van der Waals surface area contributed by atoms with Crippen LogP contribution in [0.3, 0.4) is 0 Å². The third-order valence-electron chi connectivity index (χ3n) is 5.14. The highest BCUT2D eigenvalue weighted by Crippen LogP contribution is 2.23. The minimum Gasteiger partial charge on any atom is -0.357 e. The van der Waals surface area contributed by atoms with Gasteiger partial charge in [-0.3, -0.25) is 9.59 Å². The number of amides is 2. The molecular weight excluding hydrogens is 450 g/mol. The van der Waals surface area contributed by atoms with E-state index in [0.717, 1.165) is 5.56 Å². The molecule has 1 atom stereocenters. The number of hydrogen-bond acceptors (Lipinski definition) is 2. The van der Waals surface area contributed by atoms with E-state index in [1.54, 1.807) is 30.3 Å². The Kier molecular flexibility index (Phi) is 8.26. The number of nitrogens with one attached hydrogen (secondary N) is 1. The number of likely N-dealkylation sites (N-methyl/N-ethyl adjacent to an activating group) is 1. The van der Waals surface area contributed by atoms with Gasteiger partial charge in [-0.15, -0.1) is 0 Å². The molecule has 1 N–H and O–H groups in total. The van der Waals surface area contributed by atoms with Crippen LogP contribution in [0.25, 0.3) is 0 Å². The Labute approximate surface area is 197 Å². The van der Waals surface area contributed by atoms with Crippen molar-refractivity contribution in [3.8, 4) is 0 Å². The van der Waals surface area contributed by atoms with Gasteiger partial charge in [-0.1, -0.05) is 71.7 Å². The Balaban J connectivity index is 1.95. The molecule has 0 heterocycles. The topological polar surface area (TPSA) is 49.4 Å². The van der Waals surface area contributed by atoms with Crippen LogP contribution in [-0.4, -0.2) is 29.8 Å². The molecule has 0 aliphatic heterocycles. The van der Waals surface area contributed by atoms with Gasteiger partial charge in [-0.25, -0.2) is 4.39 Å². The van der Waals surface area contributed by atoms with E-state index in [4.69, 9.17) is 23.2 Å². The van der Waals surface area contributed by atoms with Crippen LogP contribution >= 0.6 is 23.2 Å². The molecule has 0 saturated heterocycles. The quantitative estimate of drug-likeness (QED) is 0.497. The third-order valence-corrected chi connectivity index (χ3v) is 5.73. The van der Waals surface area contributed by atoms with Crippen molar-refractivity contribution >= 4 is 35.0 Å². The third kappa shape index (κ3) is 6.31. The maximum atomic E-state index is 13.5. The molecule has 0 saturated carbocycles. The first-order valence-corrected chi connectivity index (χ1v) is 10.9. The second-order valence-electron chi connectivity index (χ2n) is 7.38. The molecule has 32 heavy (non-hydrogen) atoms. The van der Waals surface area contributed by atoms with Crippen LogP contribution in [-0.2, 0) is 29.0 Å². The summed E-state index contributed by atoms with van der Waals surface area (Å²) in [7, 11) is 1.54. The zero-order valence-electron chi connectivity index (χ0n) is 17.5. The first-order valence-electron chi connectivity index (χ1n) is 10.1. The highest BCUT2D eigenvalue weighted by Gasteiger charge is 2.30. The lowest BCUT2D eigenvalue weighted by Crippen LogP contribution is -2.50. The lowest BCUT2D eigenvalue weighted by molar-refractivity contribution is -0.140. The number of hydrogen-bond donors (Lipinski definition) is 1. The molecule has 3 aromatic carbocycles. The molecule has 3 rings (SSSR count). The average Bonchev–Trinajstić information content (AvgIpc) is 2.79. The summed E-state index contributed by atoms with van der Waals surface area (Å²) in [5.74, 6) is -0.929. The molecule has 0 aliphatic carbocycles. The summed E-state index contributed by atoms with van der Waals surface area (Å²) in [6, 6.07) is 19.5. The van der Waals surface area contributed by atoms with E-state index in [2.05, 4.69) is 5.32 Å². The molecule has 0 bridgehead atoms. The van der Waals surface area contributed by atoms with Gasteiger partial charge in [-0.2, -0.15) is 0 Å². The summed E-state index contributed by atoms with van der Waals surface area (Å²) in [6.45, 7) is 0.148. The van der Waals surface area contributed by atoms with E-state index in [9.17, 15) is 14.0 Å². The molecular formula is C25H23Cl2FN2O2. The Bertz CT molecular complexity index is 1080. The minimum absolute atomic E-state index is 0.000515. The molecule has 0 spiro atoms. The van der Waals surface area contributed by atoms with Gasteiger partial charge in [0, 0.05) is 30.1 Å². The van der Waals surface area contributed by atoms with Crippen LogP contribution in [0.4, 0.5) is 4.39 Å². The number of benzene rings is 3. The summed E-state index contributed by atoms with van der Waals surface area (Å²) in [5, 5.41) is 3.52. The standard InChI is InChI=1S/C25H23Cl2FN2O2/c1-29-25(32)23(13-17-5-3-2-4-6-17)30(16-18-7-11-21(28)12-8-18)24(31)14-19-9-10-20(26)15-22(19)27/h2-12,15,23H,13-14,16H2,1H3,(H,29,32)/t23-/m1/s1. The van der Waals surface area contributed by atoms with E-state index < -0.39 is 6.04 Å². The number of carbonyl (C=O) groups is 2. The van der Waals surface area contributed by atoms with Gasteiger partial charge in [0.25, 0.3) is 0 Å². The Hall–Kier alpha value is -2.89. The lowest BCUT2D eigenvalue weighted by atomic mass is 10.0. The zero-order valence-corrected chi connectivity index (χ0v) is 19.0. The molecule has 2 amide bonds. The largest absolute Gasteiger partial charge is 0.357 e. The van der Waals surface area contributed by atoms with Gasteiger partial charge >= 0.3 is 0 Å². The fourth-order valence-electron chi connectivity index (χ4n) is 3.44. The first-order chi connectivity index (χ1) is 15.4.